The van der Waals surface area contributed by atoms with Gasteiger partial charge in [-0.25, -0.2) is 4.98 Å². The van der Waals surface area contributed by atoms with Gasteiger partial charge in [-0.3, -0.25) is 0 Å². The van der Waals surface area contributed by atoms with Crippen LogP contribution in [-0.2, 0) is 0 Å². The van der Waals surface area contributed by atoms with E-state index in [9.17, 15) is 0 Å². The lowest BCUT2D eigenvalue weighted by atomic mass is 10.1. The van der Waals surface area contributed by atoms with E-state index in [0.717, 1.165) is 12.5 Å². The van der Waals surface area contributed by atoms with Crippen molar-refractivity contribution >= 4 is 0 Å². The summed E-state index contributed by atoms with van der Waals surface area (Å²) in [6.45, 7) is 3.53. The zero-order valence-electron chi connectivity index (χ0n) is 10.0. The maximum Gasteiger partial charge on any atom is 0.0951 e. The summed E-state index contributed by atoms with van der Waals surface area (Å²) in [4.78, 5) is 4.36. The van der Waals surface area contributed by atoms with E-state index in [1.807, 2.05) is 6.33 Å². The van der Waals surface area contributed by atoms with Crippen LogP contribution >= 0.6 is 0 Å². The molecule has 88 valence electrons. The largest absolute Gasteiger partial charge is 0.330 e. The van der Waals surface area contributed by atoms with Crippen LogP contribution in [0, 0.1) is 5.92 Å². The standard InChI is InChI=1S/C13H21N3/c1-10-4-5-11(7-10)16-9-14-8-13(16)12-3-2-6-15-12/h8-12,15H,2-7H2,1H3. The molecule has 3 heteroatoms. The predicted octanol–water partition coefficient (Wildman–Crippen LogP) is 2.67. The van der Waals surface area contributed by atoms with Crippen molar-refractivity contribution in [3.63, 3.8) is 0 Å². The highest BCUT2D eigenvalue weighted by atomic mass is 15.1. The number of aromatic nitrogens is 2. The summed E-state index contributed by atoms with van der Waals surface area (Å²) in [7, 11) is 0. The van der Waals surface area contributed by atoms with Gasteiger partial charge >= 0.3 is 0 Å². The third kappa shape index (κ3) is 1.77. The second kappa shape index (κ2) is 4.21. The highest BCUT2D eigenvalue weighted by molar-refractivity contribution is 5.09. The molecule has 2 aliphatic rings. The van der Waals surface area contributed by atoms with E-state index >= 15 is 0 Å². The summed E-state index contributed by atoms with van der Waals surface area (Å²) >= 11 is 0. The Morgan fingerprint density at radius 1 is 1.38 bits per heavy atom. The van der Waals surface area contributed by atoms with Crippen LogP contribution in [0.15, 0.2) is 12.5 Å². The summed E-state index contributed by atoms with van der Waals surface area (Å²) < 4.78 is 2.44. The normalized spacial score (nSPS) is 34.7. The van der Waals surface area contributed by atoms with Crippen LogP contribution in [0.2, 0.25) is 0 Å². The SMILES string of the molecule is CC1CCC(n2cncc2C2CCCN2)C1. The molecule has 0 amide bonds. The van der Waals surface area contributed by atoms with Crippen molar-refractivity contribution < 1.29 is 0 Å². The van der Waals surface area contributed by atoms with E-state index < -0.39 is 0 Å². The molecular formula is C13H21N3. The zero-order valence-corrected chi connectivity index (χ0v) is 10.0. The van der Waals surface area contributed by atoms with Gasteiger partial charge in [0.05, 0.1) is 12.0 Å². The minimum absolute atomic E-state index is 0.554. The number of rotatable bonds is 2. The Morgan fingerprint density at radius 2 is 2.31 bits per heavy atom. The fourth-order valence-electron chi connectivity index (χ4n) is 3.26. The summed E-state index contributed by atoms with van der Waals surface area (Å²) in [6, 6.07) is 1.26. The van der Waals surface area contributed by atoms with Crippen LogP contribution in [-0.4, -0.2) is 16.1 Å². The molecule has 3 unspecified atom stereocenters. The van der Waals surface area contributed by atoms with Crippen molar-refractivity contribution in [1.82, 2.24) is 14.9 Å². The first kappa shape index (κ1) is 10.3. The number of hydrogen-bond donors (Lipinski definition) is 1. The van der Waals surface area contributed by atoms with E-state index in [-0.39, 0.29) is 0 Å². The first-order chi connectivity index (χ1) is 7.84. The van der Waals surface area contributed by atoms with E-state index in [1.54, 1.807) is 0 Å². The van der Waals surface area contributed by atoms with Crippen molar-refractivity contribution in [2.75, 3.05) is 6.54 Å². The number of hydrogen-bond acceptors (Lipinski definition) is 2. The lowest BCUT2D eigenvalue weighted by Crippen LogP contribution is -2.18. The van der Waals surface area contributed by atoms with Gasteiger partial charge in [-0.1, -0.05) is 6.92 Å². The molecule has 2 heterocycles. The second-order valence-electron chi connectivity index (χ2n) is 5.45. The molecule has 3 rings (SSSR count). The quantitative estimate of drug-likeness (QED) is 0.828. The summed E-state index contributed by atoms with van der Waals surface area (Å²) in [5.41, 5.74) is 1.41. The Labute approximate surface area is 97.3 Å². The fraction of sp³-hybridized carbons (Fsp3) is 0.769. The van der Waals surface area contributed by atoms with Gasteiger partial charge in [-0.05, 0) is 44.6 Å². The molecule has 1 aromatic heterocycles. The van der Waals surface area contributed by atoms with E-state index in [4.69, 9.17) is 0 Å². The predicted molar refractivity (Wildman–Crippen MR) is 64.3 cm³/mol. The maximum absolute atomic E-state index is 4.36. The molecule has 2 fully saturated rings. The van der Waals surface area contributed by atoms with Crippen LogP contribution in [0.25, 0.3) is 0 Å². The minimum atomic E-state index is 0.554. The average molecular weight is 219 g/mol. The van der Waals surface area contributed by atoms with Gasteiger partial charge in [0.2, 0.25) is 0 Å². The zero-order chi connectivity index (χ0) is 11.0. The first-order valence-corrected chi connectivity index (χ1v) is 6.59. The molecule has 0 spiro atoms. The summed E-state index contributed by atoms with van der Waals surface area (Å²) in [6.07, 6.45) is 10.7. The van der Waals surface area contributed by atoms with Crippen LogP contribution in [0.4, 0.5) is 0 Å². The highest BCUT2D eigenvalue weighted by Gasteiger charge is 2.27. The number of nitrogens with zero attached hydrogens (tertiary/aromatic N) is 2. The van der Waals surface area contributed by atoms with Gasteiger partial charge in [0.15, 0.2) is 0 Å². The van der Waals surface area contributed by atoms with Gasteiger partial charge < -0.3 is 9.88 Å². The molecule has 0 aromatic carbocycles. The highest BCUT2D eigenvalue weighted by Crippen LogP contribution is 2.36. The molecule has 1 aromatic rings. The van der Waals surface area contributed by atoms with Crippen molar-refractivity contribution in [3.05, 3.63) is 18.2 Å². The van der Waals surface area contributed by atoms with Gasteiger partial charge in [0.25, 0.3) is 0 Å². The molecule has 3 nitrogen and oxygen atoms in total. The molecule has 1 N–H and O–H groups in total. The Morgan fingerprint density at radius 3 is 3.00 bits per heavy atom. The van der Waals surface area contributed by atoms with E-state index in [1.165, 1.54) is 37.8 Å². The molecule has 1 saturated heterocycles. The smallest absolute Gasteiger partial charge is 0.0951 e. The van der Waals surface area contributed by atoms with Crippen molar-refractivity contribution in [2.45, 2.75) is 51.1 Å². The molecule has 3 atom stereocenters. The van der Waals surface area contributed by atoms with Crippen LogP contribution in [0.5, 0.6) is 0 Å². The van der Waals surface area contributed by atoms with Gasteiger partial charge in [0, 0.05) is 18.3 Å². The molecule has 16 heavy (non-hydrogen) atoms. The Kier molecular flexibility index (Phi) is 2.72. The fourth-order valence-corrected chi connectivity index (χ4v) is 3.26. The Hall–Kier alpha value is -0.830. The monoisotopic (exact) mass is 219 g/mol. The van der Waals surface area contributed by atoms with Crippen LogP contribution in [0.3, 0.4) is 0 Å². The lowest BCUT2D eigenvalue weighted by Gasteiger charge is -2.19. The van der Waals surface area contributed by atoms with Crippen LogP contribution < -0.4 is 5.32 Å². The Balaban J connectivity index is 1.81. The third-order valence-electron chi connectivity index (χ3n) is 4.17. The van der Waals surface area contributed by atoms with E-state index in [0.29, 0.717) is 12.1 Å². The number of nitrogens with one attached hydrogen (secondary N) is 1. The van der Waals surface area contributed by atoms with Gasteiger partial charge in [-0.2, -0.15) is 0 Å². The molecule has 0 radical (unpaired) electrons. The van der Waals surface area contributed by atoms with Gasteiger partial charge in [0.1, 0.15) is 0 Å². The minimum Gasteiger partial charge on any atom is -0.330 e. The maximum atomic E-state index is 4.36. The Bertz CT molecular complexity index is 352. The first-order valence-electron chi connectivity index (χ1n) is 6.59. The van der Waals surface area contributed by atoms with Crippen molar-refractivity contribution in [1.29, 1.82) is 0 Å². The van der Waals surface area contributed by atoms with Crippen molar-refractivity contribution in [2.24, 2.45) is 5.92 Å². The molecular weight excluding hydrogens is 198 g/mol. The molecule has 0 bridgehead atoms. The van der Waals surface area contributed by atoms with Crippen molar-refractivity contribution in [3.8, 4) is 0 Å². The van der Waals surface area contributed by atoms with Gasteiger partial charge in [-0.15, -0.1) is 0 Å². The topological polar surface area (TPSA) is 29.9 Å². The molecule has 1 aliphatic carbocycles. The van der Waals surface area contributed by atoms with Crippen LogP contribution in [0.1, 0.15) is 56.8 Å². The second-order valence-corrected chi connectivity index (χ2v) is 5.45. The summed E-state index contributed by atoms with van der Waals surface area (Å²) in [5, 5.41) is 3.57. The number of imidazole rings is 1. The molecule has 1 aliphatic heterocycles. The average Bonchev–Trinajstić information content (AvgIpc) is 2.96. The lowest BCUT2D eigenvalue weighted by molar-refractivity contribution is 0.456. The summed E-state index contributed by atoms with van der Waals surface area (Å²) in [5.74, 6) is 0.886. The van der Waals surface area contributed by atoms with E-state index in [2.05, 4.69) is 28.0 Å². The molecule has 1 saturated carbocycles. The third-order valence-corrected chi connectivity index (χ3v) is 4.17.